The maximum atomic E-state index is 5.11. The molecule has 0 N–H and O–H groups in total. The van der Waals surface area contributed by atoms with Crippen LogP contribution in [-0.2, 0) is 0 Å². The van der Waals surface area contributed by atoms with Gasteiger partial charge in [0.15, 0.2) is 17.5 Å². The maximum Gasteiger partial charge on any atom is 0.220 e. The van der Waals surface area contributed by atoms with E-state index in [0.717, 1.165) is 78.1 Å². The van der Waals surface area contributed by atoms with Gasteiger partial charge in [0.1, 0.15) is 0 Å². The van der Waals surface area contributed by atoms with Crippen molar-refractivity contribution in [3.63, 3.8) is 0 Å². The molecule has 0 aliphatic rings. The Bertz CT molecular complexity index is 3490. The average molecular weight is 756 g/mol. The molecule has 0 aliphatic carbocycles. The molecule has 12 aromatic rings. The summed E-state index contributed by atoms with van der Waals surface area (Å²) < 4.78 is 6.89. The summed E-state index contributed by atoms with van der Waals surface area (Å²) >= 11 is 0. The fraction of sp³-hybridized carbons (Fsp3) is 0. The Kier molecular flexibility index (Phi) is 7.40. The Morgan fingerprint density at radius 1 is 0.288 bits per heavy atom. The molecule has 7 heteroatoms. The van der Waals surface area contributed by atoms with Crippen LogP contribution in [-0.4, -0.2) is 33.5 Å². The molecule has 0 aliphatic heterocycles. The first-order valence-electron chi connectivity index (χ1n) is 19.7. The lowest BCUT2D eigenvalue weighted by Crippen LogP contribution is -2.01. The van der Waals surface area contributed by atoms with Crippen molar-refractivity contribution in [1.29, 1.82) is 0 Å². The quantitative estimate of drug-likeness (QED) is 0.169. The van der Waals surface area contributed by atoms with Gasteiger partial charge in [-0.15, -0.1) is 0 Å². The monoisotopic (exact) mass is 755 g/mol. The highest BCUT2D eigenvalue weighted by molar-refractivity contribution is 6.10. The lowest BCUT2D eigenvalue weighted by molar-refractivity contribution is 1.07. The van der Waals surface area contributed by atoms with Crippen LogP contribution in [0, 0.1) is 0 Å². The first-order valence-corrected chi connectivity index (χ1v) is 19.7. The second-order valence-electron chi connectivity index (χ2n) is 14.8. The second-order valence-corrected chi connectivity index (χ2v) is 14.8. The number of fused-ring (bicyclic) bond motifs is 8. The number of rotatable bonds is 6. The SMILES string of the molecule is c1ccc(-c2nc(-c3ccccc3)nc(-c3cccc(-n4c5ccccc5c5cc(-c6ccc7c(c6)n(-c6ccccc6)c6nc8ccccc8n76)ccc54)c3)n2)cc1. The second kappa shape index (κ2) is 13.2. The van der Waals surface area contributed by atoms with E-state index in [1.54, 1.807) is 0 Å². The van der Waals surface area contributed by atoms with Crippen LogP contribution in [0.3, 0.4) is 0 Å². The summed E-state index contributed by atoms with van der Waals surface area (Å²) in [6.07, 6.45) is 0. The molecule has 0 unspecified atom stereocenters. The van der Waals surface area contributed by atoms with Gasteiger partial charge in [-0.3, -0.25) is 8.97 Å². The molecule has 0 fully saturated rings. The molecule has 59 heavy (non-hydrogen) atoms. The molecule has 4 aromatic heterocycles. The molecule has 0 bridgehead atoms. The summed E-state index contributed by atoms with van der Waals surface area (Å²) in [5.74, 6) is 2.80. The van der Waals surface area contributed by atoms with Crippen LogP contribution in [0.15, 0.2) is 200 Å². The molecule has 8 aromatic carbocycles. The summed E-state index contributed by atoms with van der Waals surface area (Å²) in [5.41, 5.74) is 13.7. The van der Waals surface area contributed by atoms with Gasteiger partial charge in [-0.2, -0.15) is 0 Å². The van der Waals surface area contributed by atoms with Crippen LogP contribution >= 0.6 is 0 Å². The van der Waals surface area contributed by atoms with Crippen molar-refractivity contribution in [2.75, 3.05) is 0 Å². The fourth-order valence-electron chi connectivity index (χ4n) is 8.56. The van der Waals surface area contributed by atoms with E-state index in [0.29, 0.717) is 17.5 Å². The minimum atomic E-state index is 0.624. The number of nitrogens with zero attached hydrogens (tertiary/aromatic N) is 7. The number of hydrogen-bond donors (Lipinski definition) is 0. The Morgan fingerprint density at radius 2 is 0.831 bits per heavy atom. The Hall–Kier alpha value is -8.16. The lowest BCUT2D eigenvalue weighted by Gasteiger charge is -2.12. The van der Waals surface area contributed by atoms with Crippen LogP contribution in [0.25, 0.3) is 106 Å². The topological polar surface area (TPSA) is 65.8 Å². The average Bonchev–Trinajstić information content (AvgIpc) is 3.96. The highest BCUT2D eigenvalue weighted by Crippen LogP contribution is 2.38. The normalized spacial score (nSPS) is 11.7. The zero-order chi connectivity index (χ0) is 38.9. The molecule has 4 heterocycles. The molecule has 0 saturated heterocycles. The van der Waals surface area contributed by atoms with Crippen molar-refractivity contribution in [2.24, 2.45) is 0 Å². The lowest BCUT2D eigenvalue weighted by atomic mass is 10.0. The Balaban J connectivity index is 1.01. The highest BCUT2D eigenvalue weighted by Gasteiger charge is 2.20. The number of imidazole rings is 2. The van der Waals surface area contributed by atoms with Gasteiger partial charge < -0.3 is 4.57 Å². The van der Waals surface area contributed by atoms with E-state index in [9.17, 15) is 0 Å². The van der Waals surface area contributed by atoms with Gasteiger partial charge in [0.2, 0.25) is 5.78 Å². The molecular weight excluding hydrogens is 723 g/mol. The predicted octanol–water partition coefficient (Wildman–Crippen LogP) is 12.4. The molecular formula is C52H33N7. The number of hydrogen-bond acceptors (Lipinski definition) is 4. The number of para-hydroxylation sites is 4. The largest absolute Gasteiger partial charge is 0.309 e. The molecule has 7 nitrogen and oxygen atoms in total. The number of aromatic nitrogens is 7. The predicted molar refractivity (Wildman–Crippen MR) is 239 cm³/mol. The van der Waals surface area contributed by atoms with E-state index in [1.807, 2.05) is 66.7 Å². The van der Waals surface area contributed by atoms with Crippen LogP contribution in [0.2, 0.25) is 0 Å². The highest BCUT2D eigenvalue weighted by atomic mass is 15.2. The summed E-state index contributed by atoms with van der Waals surface area (Å²) in [6, 6.07) is 69.8. The van der Waals surface area contributed by atoms with E-state index < -0.39 is 0 Å². The van der Waals surface area contributed by atoms with Gasteiger partial charge in [-0.1, -0.05) is 133 Å². The molecule has 0 amide bonds. The van der Waals surface area contributed by atoms with Gasteiger partial charge in [0, 0.05) is 38.8 Å². The molecule has 0 radical (unpaired) electrons. The minimum Gasteiger partial charge on any atom is -0.309 e. The maximum absolute atomic E-state index is 5.11. The fourth-order valence-corrected chi connectivity index (χ4v) is 8.56. The third kappa shape index (κ3) is 5.36. The van der Waals surface area contributed by atoms with Crippen LogP contribution < -0.4 is 0 Å². The standard InChI is InChI=1S/C52H33N7/c1-4-15-34(16-5-1)49-54-50(35-17-6-2-7-18-35)56-51(55-49)38-19-14-22-40(31-38)57-44-25-12-10-23-41(44)42-32-36(27-29-45(42)57)37-28-30-47-48(33-37)58(39-20-8-3-9-21-39)52-53-43-24-11-13-26-46(43)59(47)52/h1-33H. The van der Waals surface area contributed by atoms with E-state index in [2.05, 4.69) is 147 Å². The van der Waals surface area contributed by atoms with Crippen LogP contribution in [0.5, 0.6) is 0 Å². The first kappa shape index (κ1) is 33.0. The van der Waals surface area contributed by atoms with Crippen molar-refractivity contribution in [3.8, 4) is 56.7 Å². The molecule has 276 valence electrons. The van der Waals surface area contributed by atoms with Crippen molar-refractivity contribution in [3.05, 3.63) is 200 Å². The third-order valence-corrected chi connectivity index (χ3v) is 11.3. The van der Waals surface area contributed by atoms with Gasteiger partial charge in [-0.25, -0.2) is 19.9 Å². The molecule has 12 rings (SSSR count). The summed E-state index contributed by atoms with van der Waals surface area (Å²) in [4.78, 5) is 20.1. The van der Waals surface area contributed by atoms with Gasteiger partial charge in [-0.05, 0) is 77.9 Å². The summed E-state index contributed by atoms with van der Waals surface area (Å²) in [6.45, 7) is 0. The zero-order valence-electron chi connectivity index (χ0n) is 31.7. The van der Waals surface area contributed by atoms with E-state index in [-0.39, 0.29) is 0 Å². The number of benzene rings is 8. The van der Waals surface area contributed by atoms with Crippen molar-refractivity contribution >= 4 is 49.7 Å². The third-order valence-electron chi connectivity index (χ3n) is 11.3. The first-order chi connectivity index (χ1) is 29.2. The van der Waals surface area contributed by atoms with Crippen LogP contribution in [0.1, 0.15) is 0 Å². The van der Waals surface area contributed by atoms with Crippen molar-refractivity contribution < 1.29 is 0 Å². The van der Waals surface area contributed by atoms with Gasteiger partial charge >= 0.3 is 0 Å². The van der Waals surface area contributed by atoms with Crippen molar-refractivity contribution in [2.45, 2.75) is 0 Å². The van der Waals surface area contributed by atoms with E-state index >= 15 is 0 Å². The Labute approximate surface area is 338 Å². The summed E-state index contributed by atoms with van der Waals surface area (Å²) in [5, 5.41) is 2.37. The smallest absolute Gasteiger partial charge is 0.220 e. The van der Waals surface area contributed by atoms with E-state index in [1.165, 1.54) is 10.8 Å². The minimum absolute atomic E-state index is 0.624. The molecule has 0 atom stereocenters. The molecule has 0 spiro atoms. The van der Waals surface area contributed by atoms with Crippen molar-refractivity contribution in [1.82, 2.24) is 33.5 Å². The van der Waals surface area contributed by atoms with Crippen LogP contribution in [0.4, 0.5) is 0 Å². The molecule has 0 saturated carbocycles. The van der Waals surface area contributed by atoms with Gasteiger partial charge in [0.25, 0.3) is 0 Å². The summed E-state index contributed by atoms with van der Waals surface area (Å²) in [7, 11) is 0. The van der Waals surface area contributed by atoms with Gasteiger partial charge in [0.05, 0.1) is 33.1 Å². The van der Waals surface area contributed by atoms with E-state index in [4.69, 9.17) is 19.9 Å². The zero-order valence-corrected chi connectivity index (χ0v) is 31.7. The Morgan fingerprint density at radius 3 is 1.56 bits per heavy atom.